The van der Waals surface area contributed by atoms with Gasteiger partial charge in [0.25, 0.3) is 0 Å². The fourth-order valence-electron chi connectivity index (χ4n) is 2.28. The predicted molar refractivity (Wildman–Crippen MR) is 81.3 cm³/mol. The molecule has 1 aromatic carbocycles. The van der Waals surface area contributed by atoms with Gasteiger partial charge in [0, 0.05) is 25.9 Å². The molecule has 0 amide bonds. The smallest absolute Gasteiger partial charge is 0.149 e. The zero-order valence-corrected chi connectivity index (χ0v) is 13.0. The summed E-state index contributed by atoms with van der Waals surface area (Å²) in [7, 11) is 1.66. The molecule has 5 heteroatoms. The second kappa shape index (κ2) is 6.83. The van der Waals surface area contributed by atoms with Crippen LogP contribution in [0.4, 0.5) is 4.39 Å². The molecule has 0 fully saturated rings. The molecule has 21 heavy (non-hydrogen) atoms. The van der Waals surface area contributed by atoms with E-state index in [9.17, 15) is 4.39 Å². The average Bonchev–Trinajstić information content (AvgIpc) is 2.71. The van der Waals surface area contributed by atoms with Crippen molar-refractivity contribution in [2.45, 2.75) is 27.3 Å². The highest BCUT2D eigenvalue weighted by atomic mass is 19.1. The summed E-state index contributed by atoms with van der Waals surface area (Å²) in [6.45, 7) is 7.84. The Morgan fingerprint density at radius 3 is 2.67 bits per heavy atom. The van der Waals surface area contributed by atoms with E-state index in [-0.39, 0.29) is 5.82 Å². The third-order valence-electron chi connectivity index (χ3n) is 3.73. The van der Waals surface area contributed by atoms with E-state index in [0.29, 0.717) is 18.8 Å². The Hall–Kier alpha value is -1.72. The number of halogens is 1. The normalized spacial score (nSPS) is 11.1. The largest absolute Gasteiger partial charge is 0.383 e. The van der Waals surface area contributed by atoms with Crippen LogP contribution in [0, 0.1) is 26.6 Å². The van der Waals surface area contributed by atoms with Gasteiger partial charge in [0.2, 0.25) is 0 Å². The maximum atomic E-state index is 14.3. The molecule has 2 rings (SSSR count). The number of para-hydroxylation sites is 1. The summed E-state index contributed by atoms with van der Waals surface area (Å²) in [6, 6.07) is 5.12. The van der Waals surface area contributed by atoms with Crippen LogP contribution in [0.2, 0.25) is 0 Å². The SMILES string of the molecule is COCCNCc1cccc(F)c1-n1nc(C)c(C)c1C. The maximum Gasteiger partial charge on any atom is 0.149 e. The zero-order chi connectivity index (χ0) is 15.4. The predicted octanol–water partition coefficient (Wildman–Crippen LogP) is 2.67. The maximum absolute atomic E-state index is 14.3. The van der Waals surface area contributed by atoms with Crippen LogP contribution in [0.1, 0.15) is 22.5 Å². The second-order valence-electron chi connectivity index (χ2n) is 5.12. The van der Waals surface area contributed by atoms with E-state index in [2.05, 4.69) is 10.4 Å². The van der Waals surface area contributed by atoms with Crippen molar-refractivity contribution in [1.29, 1.82) is 0 Å². The zero-order valence-electron chi connectivity index (χ0n) is 13.0. The fraction of sp³-hybridized carbons (Fsp3) is 0.438. The minimum Gasteiger partial charge on any atom is -0.383 e. The number of hydrogen-bond acceptors (Lipinski definition) is 3. The Morgan fingerprint density at radius 2 is 2.05 bits per heavy atom. The Kier molecular flexibility index (Phi) is 5.09. The molecule has 1 aromatic heterocycles. The second-order valence-corrected chi connectivity index (χ2v) is 5.12. The first-order chi connectivity index (χ1) is 10.1. The third-order valence-corrected chi connectivity index (χ3v) is 3.73. The minimum atomic E-state index is -0.258. The number of methoxy groups -OCH3 is 1. The van der Waals surface area contributed by atoms with Crippen LogP contribution in [0.5, 0.6) is 0 Å². The van der Waals surface area contributed by atoms with E-state index in [4.69, 9.17) is 4.74 Å². The number of hydrogen-bond donors (Lipinski definition) is 1. The molecular formula is C16H22FN3O. The summed E-state index contributed by atoms with van der Waals surface area (Å²) in [5.41, 5.74) is 4.40. The molecule has 0 saturated heterocycles. The molecule has 1 N–H and O–H groups in total. The molecule has 2 aromatic rings. The van der Waals surface area contributed by atoms with Crippen molar-refractivity contribution in [2.75, 3.05) is 20.3 Å². The summed E-state index contributed by atoms with van der Waals surface area (Å²) < 4.78 is 21.0. The molecule has 0 radical (unpaired) electrons. The van der Waals surface area contributed by atoms with Crippen molar-refractivity contribution in [2.24, 2.45) is 0 Å². The highest BCUT2D eigenvalue weighted by Gasteiger charge is 2.16. The molecule has 0 spiro atoms. The first-order valence-electron chi connectivity index (χ1n) is 7.06. The highest BCUT2D eigenvalue weighted by molar-refractivity contribution is 5.44. The van der Waals surface area contributed by atoms with Gasteiger partial charge in [-0.1, -0.05) is 12.1 Å². The number of rotatable bonds is 6. The number of ether oxygens (including phenoxy) is 1. The van der Waals surface area contributed by atoms with E-state index in [1.165, 1.54) is 6.07 Å². The molecule has 0 saturated carbocycles. The number of nitrogens with one attached hydrogen (secondary N) is 1. The van der Waals surface area contributed by atoms with Crippen molar-refractivity contribution in [3.05, 3.63) is 46.5 Å². The lowest BCUT2D eigenvalue weighted by Gasteiger charge is -2.13. The van der Waals surface area contributed by atoms with Gasteiger partial charge in [0.05, 0.1) is 12.3 Å². The molecule has 114 valence electrons. The van der Waals surface area contributed by atoms with Crippen LogP contribution in [0.3, 0.4) is 0 Å². The Labute approximate surface area is 124 Å². The van der Waals surface area contributed by atoms with E-state index in [1.807, 2.05) is 26.8 Å². The molecule has 0 bridgehead atoms. The van der Waals surface area contributed by atoms with Crippen LogP contribution >= 0.6 is 0 Å². The molecule has 0 atom stereocenters. The summed E-state index contributed by atoms with van der Waals surface area (Å²) in [4.78, 5) is 0. The topological polar surface area (TPSA) is 39.1 Å². The highest BCUT2D eigenvalue weighted by Crippen LogP contribution is 2.22. The van der Waals surface area contributed by atoms with Crippen molar-refractivity contribution < 1.29 is 9.13 Å². The van der Waals surface area contributed by atoms with Crippen LogP contribution in [0.15, 0.2) is 18.2 Å². The molecule has 4 nitrogen and oxygen atoms in total. The summed E-state index contributed by atoms with van der Waals surface area (Å²) >= 11 is 0. The van der Waals surface area contributed by atoms with Crippen molar-refractivity contribution in [3.8, 4) is 5.69 Å². The molecule has 0 aliphatic heterocycles. The quantitative estimate of drug-likeness (QED) is 0.832. The van der Waals surface area contributed by atoms with Gasteiger partial charge in [-0.05, 0) is 38.0 Å². The third kappa shape index (κ3) is 3.31. The lowest BCUT2D eigenvalue weighted by molar-refractivity contribution is 0.199. The van der Waals surface area contributed by atoms with Crippen LogP contribution in [0.25, 0.3) is 5.69 Å². The van der Waals surface area contributed by atoms with Crippen LogP contribution in [-0.4, -0.2) is 30.0 Å². The summed E-state index contributed by atoms with van der Waals surface area (Å²) in [5.74, 6) is -0.258. The Bertz CT molecular complexity index is 622. The van der Waals surface area contributed by atoms with E-state index >= 15 is 0 Å². The van der Waals surface area contributed by atoms with Gasteiger partial charge in [-0.15, -0.1) is 0 Å². The van der Waals surface area contributed by atoms with Crippen molar-refractivity contribution in [3.63, 3.8) is 0 Å². The van der Waals surface area contributed by atoms with Crippen LogP contribution in [-0.2, 0) is 11.3 Å². The van der Waals surface area contributed by atoms with Gasteiger partial charge in [-0.25, -0.2) is 9.07 Å². The molecule has 0 aliphatic carbocycles. The number of aryl methyl sites for hydroxylation is 1. The van der Waals surface area contributed by atoms with Crippen LogP contribution < -0.4 is 5.32 Å². The summed E-state index contributed by atoms with van der Waals surface area (Å²) in [5, 5.41) is 7.72. The fourth-order valence-corrected chi connectivity index (χ4v) is 2.28. The monoisotopic (exact) mass is 291 g/mol. The Morgan fingerprint density at radius 1 is 1.29 bits per heavy atom. The molecular weight excluding hydrogens is 269 g/mol. The van der Waals surface area contributed by atoms with Gasteiger partial charge in [-0.3, -0.25) is 0 Å². The molecule has 1 heterocycles. The first kappa shape index (κ1) is 15.7. The lowest BCUT2D eigenvalue weighted by Crippen LogP contribution is -2.20. The number of nitrogens with zero attached hydrogens (tertiary/aromatic N) is 2. The van der Waals surface area contributed by atoms with E-state index < -0.39 is 0 Å². The van der Waals surface area contributed by atoms with Gasteiger partial charge in [0.15, 0.2) is 0 Å². The minimum absolute atomic E-state index is 0.258. The number of benzene rings is 1. The Balaban J connectivity index is 2.35. The first-order valence-corrected chi connectivity index (χ1v) is 7.06. The van der Waals surface area contributed by atoms with Gasteiger partial charge >= 0.3 is 0 Å². The lowest BCUT2D eigenvalue weighted by atomic mass is 10.1. The van der Waals surface area contributed by atoms with Crippen molar-refractivity contribution in [1.82, 2.24) is 15.1 Å². The summed E-state index contributed by atoms with van der Waals surface area (Å²) in [6.07, 6.45) is 0. The van der Waals surface area contributed by atoms with Gasteiger partial charge in [-0.2, -0.15) is 5.10 Å². The number of aromatic nitrogens is 2. The average molecular weight is 291 g/mol. The van der Waals surface area contributed by atoms with Crippen molar-refractivity contribution >= 4 is 0 Å². The molecule has 0 unspecified atom stereocenters. The van der Waals surface area contributed by atoms with Gasteiger partial charge in [0.1, 0.15) is 11.5 Å². The van der Waals surface area contributed by atoms with E-state index in [1.54, 1.807) is 17.9 Å². The molecule has 0 aliphatic rings. The van der Waals surface area contributed by atoms with Gasteiger partial charge < -0.3 is 10.1 Å². The standard InChI is InChI=1S/C16H22FN3O/c1-11-12(2)19-20(13(11)3)16-14(6-5-7-15(16)17)10-18-8-9-21-4/h5-7,18H,8-10H2,1-4H3. The van der Waals surface area contributed by atoms with E-state index in [0.717, 1.165) is 29.1 Å².